The molecule has 1 unspecified atom stereocenters. The molecule has 168 valence electrons. The predicted octanol–water partition coefficient (Wildman–Crippen LogP) is 3.90. The Labute approximate surface area is 184 Å². The SMILES string of the molecule is CC1(C)ONC(C(N)=O)(c2cccc(C(F)(F)F)c2)N1OC(=O)c1cc2ccccc2s1. The van der Waals surface area contributed by atoms with E-state index in [0.717, 1.165) is 33.3 Å². The third-order valence-corrected chi connectivity index (χ3v) is 6.10. The molecule has 1 amide bonds. The molecule has 3 aromatic rings. The van der Waals surface area contributed by atoms with Gasteiger partial charge in [0.15, 0.2) is 5.72 Å². The summed E-state index contributed by atoms with van der Waals surface area (Å²) in [6.07, 6.45) is -4.66. The third-order valence-electron chi connectivity index (χ3n) is 5.01. The van der Waals surface area contributed by atoms with Gasteiger partial charge in [-0.25, -0.2) is 4.79 Å². The molecular formula is C21H18F3N3O4S. The lowest BCUT2D eigenvalue weighted by molar-refractivity contribution is -0.238. The molecule has 1 aromatic heterocycles. The average molecular weight is 465 g/mol. The van der Waals surface area contributed by atoms with Crippen molar-refractivity contribution in [3.8, 4) is 0 Å². The number of carbonyl (C=O) groups excluding carboxylic acids is 2. The van der Waals surface area contributed by atoms with Crippen molar-refractivity contribution in [3.05, 3.63) is 70.6 Å². The minimum Gasteiger partial charge on any atom is -0.366 e. The van der Waals surface area contributed by atoms with Crippen LogP contribution in [-0.2, 0) is 26.3 Å². The number of thiophene rings is 1. The van der Waals surface area contributed by atoms with E-state index in [1.165, 1.54) is 31.3 Å². The highest BCUT2D eigenvalue weighted by molar-refractivity contribution is 7.20. The summed E-state index contributed by atoms with van der Waals surface area (Å²) in [5.41, 5.74) is 3.17. The molecule has 0 aliphatic carbocycles. The fourth-order valence-electron chi connectivity index (χ4n) is 3.46. The number of alkyl halides is 3. The van der Waals surface area contributed by atoms with Crippen LogP contribution in [0.1, 0.15) is 34.6 Å². The second-order valence-corrected chi connectivity index (χ2v) is 8.71. The minimum absolute atomic E-state index is 0.199. The standard InChI is InChI=1S/C21H18F3N3O4S/c1-19(2)27(30-17(28)16-10-12-6-3-4-9-15(12)32-16)20(18(25)29,26-31-19)13-7-5-8-14(11-13)21(22,23)24/h3-11,26H,1-2H3,(H2,25,29). The zero-order chi connectivity index (χ0) is 23.3. The summed E-state index contributed by atoms with van der Waals surface area (Å²) in [6.45, 7) is 2.94. The Kier molecular flexibility index (Phi) is 5.24. The Morgan fingerprint density at radius 2 is 1.84 bits per heavy atom. The molecule has 2 heterocycles. The van der Waals surface area contributed by atoms with Crippen LogP contribution in [0, 0.1) is 0 Å². The number of fused-ring (bicyclic) bond motifs is 1. The van der Waals surface area contributed by atoms with Crippen LogP contribution in [0.5, 0.6) is 0 Å². The van der Waals surface area contributed by atoms with E-state index in [0.29, 0.717) is 0 Å². The monoisotopic (exact) mass is 465 g/mol. The number of nitrogens with one attached hydrogen (secondary N) is 1. The van der Waals surface area contributed by atoms with Gasteiger partial charge in [-0.15, -0.1) is 11.3 Å². The van der Waals surface area contributed by atoms with Gasteiger partial charge in [0.25, 0.3) is 5.91 Å². The second-order valence-electron chi connectivity index (χ2n) is 7.63. The lowest BCUT2D eigenvalue weighted by atomic mass is 9.96. The van der Waals surface area contributed by atoms with Gasteiger partial charge >= 0.3 is 12.1 Å². The van der Waals surface area contributed by atoms with E-state index >= 15 is 0 Å². The number of nitrogens with two attached hydrogens (primary N) is 1. The molecule has 0 spiro atoms. The van der Waals surface area contributed by atoms with E-state index in [1.807, 2.05) is 24.3 Å². The molecule has 1 fully saturated rings. The van der Waals surface area contributed by atoms with E-state index in [2.05, 4.69) is 5.48 Å². The van der Waals surface area contributed by atoms with Gasteiger partial charge in [0.05, 0.1) is 5.56 Å². The fraction of sp³-hybridized carbons (Fsp3) is 0.238. The molecule has 0 radical (unpaired) electrons. The van der Waals surface area contributed by atoms with Crippen molar-refractivity contribution >= 4 is 33.3 Å². The maximum absolute atomic E-state index is 13.3. The molecule has 32 heavy (non-hydrogen) atoms. The average Bonchev–Trinajstić information content (AvgIpc) is 3.27. The van der Waals surface area contributed by atoms with E-state index < -0.39 is 35.0 Å². The van der Waals surface area contributed by atoms with Crippen LogP contribution in [0.2, 0.25) is 0 Å². The summed E-state index contributed by atoms with van der Waals surface area (Å²) in [5.74, 6) is -1.93. The zero-order valence-corrected chi connectivity index (χ0v) is 17.7. The molecule has 3 N–H and O–H groups in total. The Morgan fingerprint density at radius 3 is 2.50 bits per heavy atom. The number of halogens is 3. The van der Waals surface area contributed by atoms with Crippen LogP contribution in [0.25, 0.3) is 10.1 Å². The predicted molar refractivity (Wildman–Crippen MR) is 110 cm³/mol. The van der Waals surface area contributed by atoms with E-state index in [-0.39, 0.29) is 10.4 Å². The molecule has 0 saturated carbocycles. The number of hydrogen-bond donors (Lipinski definition) is 2. The van der Waals surface area contributed by atoms with Crippen molar-refractivity contribution in [1.82, 2.24) is 10.5 Å². The number of benzene rings is 2. The summed E-state index contributed by atoms with van der Waals surface area (Å²) in [4.78, 5) is 36.8. The highest BCUT2D eigenvalue weighted by Gasteiger charge is 2.60. The number of amides is 1. The van der Waals surface area contributed by atoms with Gasteiger partial charge < -0.3 is 10.6 Å². The van der Waals surface area contributed by atoms with Gasteiger partial charge in [-0.05, 0) is 43.5 Å². The maximum atomic E-state index is 13.3. The minimum atomic E-state index is -4.66. The number of primary amides is 1. The topological polar surface area (TPSA) is 93.9 Å². The lowest BCUT2D eigenvalue weighted by Crippen LogP contribution is -2.60. The molecule has 1 aliphatic rings. The van der Waals surface area contributed by atoms with Crippen LogP contribution >= 0.6 is 11.3 Å². The smallest absolute Gasteiger partial charge is 0.366 e. The molecule has 11 heteroatoms. The highest BCUT2D eigenvalue weighted by atomic mass is 32.1. The van der Waals surface area contributed by atoms with Crippen LogP contribution < -0.4 is 11.2 Å². The maximum Gasteiger partial charge on any atom is 0.416 e. The van der Waals surface area contributed by atoms with Crippen molar-refractivity contribution in [1.29, 1.82) is 0 Å². The van der Waals surface area contributed by atoms with Crippen molar-refractivity contribution in [2.24, 2.45) is 5.73 Å². The van der Waals surface area contributed by atoms with Crippen LogP contribution in [0.4, 0.5) is 13.2 Å². The van der Waals surface area contributed by atoms with Gasteiger partial charge in [0.2, 0.25) is 5.66 Å². The Hall–Kier alpha value is -2.99. The van der Waals surface area contributed by atoms with Crippen LogP contribution in [0.15, 0.2) is 54.6 Å². The van der Waals surface area contributed by atoms with E-state index in [4.69, 9.17) is 15.4 Å². The molecule has 1 saturated heterocycles. The van der Waals surface area contributed by atoms with Crippen molar-refractivity contribution in [2.75, 3.05) is 0 Å². The first-order valence-corrected chi connectivity index (χ1v) is 10.2. The molecule has 4 rings (SSSR count). The van der Waals surface area contributed by atoms with Crippen molar-refractivity contribution in [2.45, 2.75) is 31.4 Å². The zero-order valence-electron chi connectivity index (χ0n) is 16.9. The van der Waals surface area contributed by atoms with Crippen molar-refractivity contribution in [3.63, 3.8) is 0 Å². The first kappa shape index (κ1) is 22.2. The molecule has 1 atom stereocenters. The number of rotatable bonds is 4. The molecule has 0 bridgehead atoms. The molecule has 2 aromatic carbocycles. The summed E-state index contributed by atoms with van der Waals surface area (Å²) in [5, 5.41) is 1.67. The fourth-order valence-corrected chi connectivity index (χ4v) is 4.40. The van der Waals surface area contributed by atoms with Gasteiger partial charge in [0.1, 0.15) is 4.88 Å². The Morgan fingerprint density at radius 1 is 1.12 bits per heavy atom. The van der Waals surface area contributed by atoms with Gasteiger partial charge in [-0.1, -0.05) is 35.4 Å². The van der Waals surface area contributed by atoms with E-state index in [9.17, 15) is 22.8 Å². The Bertz CT molecular complexity index is 1180. The second kappa shape index (κ2) is 7.55. The first-order chi connectivity index (χ1) is 14.9. The quantitative estimate of drug-likeness (QED) is 0.607. The third kappa shape index (κ3) is 3.62. The van der Waals surface area contributed by atoms with Crippen LogP contribution in [0.3, 0.4) is 0 Å². The van der Waals surface area contributed by atoms with Crippen LogP contribution in [-0.4, -0.2) is 22.7 Å². The highest BCUT2D eigenvalue weighted by Crippen LogP contribution is 2.41. The van der Waals surface area contributed by atoms with E-state index in [1.54, 1.807) is 6.07 Å². The summed E-state index contributed by atoms with van der Waals surface area (Å²) in [6, 6.07) is 12.9. The molecule has 7 nitrogen and oxygen atoms in total. The lowest BCUT2D eigenvalue weighted by Gasteiger charge is -2.36. The number of carbonyl (C=O) groups is 2. The number of hydroxylamine groups is 3. The van der Waals surface area contributed by atoms with Gasteiger partial charge in [-0.2, -0.15) is 18.7 Å². The number of nitrogens with zero attached hydrogens (tertiary/aromatic N) is 1. The summed E-state index contributed by atoms with van der Waals surface area (Å²) < 4.78 is 40.7. The van der Waals surface area contributed by atoms with Gasteiger partial charge in [-0.3, -0.25) is 9.63 Å². The molecule has 1 aliphatic heterocycles. The summed E-state index contributed by atoms with van der Waals surface area (Å²) >= 11 is 1.17. The largest absolute Gasteiger partial charge is 0.416 e. The number of hydrogen-bond acceptors (Lipinski definition) is 7. The van der Waals surface area contributed by atoms with Gasteiger partial charge in [0, 0.05) is 10.3 Å². The normalized spacial score (nSPS) is 21.0. The summed E-state index contributed by atoms with van der Waals surface area (Å²) in [7, 11) is 0. The van der Waals surface area contributed by atoms with Crippen molar-refractivity contribution < 1.29 is 32.4 Å². The Balaban J connectivity index is 1.77. The first-order valence-electron chi connectivity index (χ1n) is 9.39. The molecular weight excluding hydrogens is 447 g/mol.